The van der Waals surface area contributed by atoms with Crippen LogP contribution in [0, 0.1) is 0 Å². The largest absolute Gasteiger partial charge is 1.00 e. The van der Waals surface area contributed by atoms with E-state index in [0.29, 0.717) is 0 Å². The second kappa shape index (κ2) is 4.96. The molecular formula is C4H5IS3. The molecule has 0 atom stereocenters. The van der Waals surface area contributed by atoms with Gasteiger partial charge >= 0.3 is 3.52 Å². The molecule has 0 radical (unpaired) electrons. The van der Waals surface area contributed by atoms with E-state index in [2.05, 4.69) is 17.0 Å². The lowest BCUT2D eigenvalue weighted by molar-refractivity contribution is -0.00000131. The average Bonchev–Trinajstić information content (AvgIpc) is 2.14. The number of hydrogen-bond donors (Lipinski definition) is 0. The molecule has 1 heterocycles. The molecule has 0 saturated heterocycles. The molecule has 46 valence electrons. The average molecular weight is 276 g/mol. The van der Waals surface area contributed by atoms with E-state index in [1.807, 2.05) is 11.8 Å². The van der Waals surface area contributed by atoms with Crippen molar-refractivity contribution in [3.05, 3.63) is 10.8 Å². The highest BCUT2D eigenvalue weighted by atomic mass is 127. The molecule has 0 N–H and O–H groups in total. The summed E-state index contributed by atoms with van der Waals surface area (Å²) in [6.45, 7) is 0. The van der Waals surface area contributed by atoms with Crippen molar-refractivity contribution in [2.24, 2.45) is 0 Å². The Bertz CT molecular complexity index is 126. The first-order valence-corrected chi connectivity index (χ1v) is 4.81. The SMILES string of the molecule is CSc1scc[s+]1.[I-]. The Morgan fingerprint density at radius 1 is 1.75 bits per heavy atom. The predicted octanol–water partition coefficient (Wildman–Crippen LogP) is -0.183. The van der Waals surface area contributed by atoms with Crippen LogP contribution >= 0.6 is 34.4 Å². The van der Waals surface area contributed by atoms with Crippen molar-refractivity contribution in [1.29, 1.82) is 0 Å². The predicted molar refractivity (Wildman–Crippen MR) is 38.4 cm³/mol. The summed E-state index contributed by atoms with van der Waals surface area (Å²) in [5.41, 5.74) is 0. The van der Waals surface area contributed by atoms with Gasteiger partial charge < -0.3 is 24.0 Å². The van der Waals surface area contributed by atoms with Crippen LogP contribution in [0.5, 0.6) is 0 Å². The molecule has 1 aromatic heterocycles. The fourth-order valence-corrected chi connectivity index (χ4v) is 2.62. The Labute approximate surface area is 78.4 Å². The lowest BCUT2D eigenvalue weighted by atomic mass is 11.2. The van der Waals surface area contributed by atoms with Gasteiger partial charge in [-0.05, 0) is 6.26 Å². The third-order valence-corrected chi connectivity index (χ3v) is 4.14. The van der Waals surface area contributed by atoms with Crippen LogP contribution in [0.4, 0.5) is 0 Å². The lowest BCUT2D eigenvalue weighted by Crippen LogP contribution is -3.00. The fourth-order valence-electron chi connectivity index (χ4n) is 0.291. The van der Waals surface area contributed by atoms with Crippen molar-refractivity contribution < 1.29 is 24.0 Å². The lowest BCUT2D eigenvalue weighted by Gasteiger charge is -1.63. The summed E-state index contributed by atoms with van der Waals surface area (Å²) >= 11 is 5.42. The monoisotopic (exact) mass is 276 g/mol. The van der Waals surface area contributed by atoms with Crippen LogP contribution in [0.25, 0.3) is 0 Å². The first-order chi connectivity index (χ1) is 3.43. The molecule has 0 fully saturated rings. The van der Waals surface area contributed by atoms with E-state index < -0.39 is 0 Å². The van der Waals surface area contributed by atoms with Gasteiger partial charge in [-0.3, -0.25) is 0 Å². The standard InChI is InChI=1S/C4H5S3.HI/c1-5-4-6-2-3-7-4;/h2-3H,1H3;1H/q+1;/p-1. The minimum atomic E-state index is 0. The first kappa shape index (κ1) is 9.13. The quantitative estimate of drug-likeness (QED) is 0.389. The summed E-state index contributed by atoms with van der Waals surface area (Å²) in [5.74, 6) is 0. The Morgan fingerprint density at radius 3 is 2.75 bits per heavy atom. The molecule has 0 unspecified atom stereocenters. The number of rotatable bonds is 1. The molecule has 8 heavy (non-hydrogen) atoms. The molecule has 1 rings (SSSR count). The Hall–Kier alpha value is 1.13. The number of thioether (sulfide) groups is 1. The minimum Gasteiger partial charge on any atom is -1.00 e. The van der Waals surface area contributed by atoms with E-state index >= 15 is 0 Å². The van der Waals surface area contributed by atoms with Gasteiger partial charge in [-0.15, -0.1) is 0 Å². The fraction of sp³-hybridized carbons (Fsp3) is 0.250. The maximum atomic E-state index is 2.11. The molecule has 0 spiro atoms. The maximum absolute atomic E-state index is 2.11. The Balaban J connectivity index is 0.000000490. The molecule has 0 aliphatic heterocycles. The van der Waals surface area contributed by atoms with Crippen molar-refractivity contribution in [1.82, 2.24) is 0 Å². The van der Waals surface area contributed by atoms with E-state index in [-0.39, 0.29) is 24.0 Å². The Morgan fingerprint density at radius 2 is 2.50 bits per heavy atom. The van der Waals surface area contributed by atoms with Crippen molar-refractivity contribution in [2.75, 3.05) is 6.26 Å². The highest BCUT2D eigenvalue weighted by molar-refractivity contribution is 8.02. The third kappa shape index (κ3) is 2.61. The van der Waals surface area contributed by atoms with Gasteiger partial charge in [0.15, 0.2) is 0 Å². The van der Waals surface area contributed by atoms with E-state index in [9.17, 15) is 0 Å². The molecule has 0 nitrogen and oxygen atoms in total. The molecule has 4 heteroatoms. The highest BCUT2D eigenvalue weighted by Gasteiger charge is 2.00. The van der Waals surface area contributed by atoms with Gasteiger partial charge in [0.1, 0.15) is 10.8 Å². The van der Waals surface area contributed by atoms with E-state index in [0.717, 1.165) is 0 Å². The van der Waals surface area contributed by atoms with Gasteiger partial charge in [-0.2, -0.15) is 0 Å². The van der Waals surface area contributed by atoms with E-state index in [1.54, 1.807) is 22.7 Å². The molecule has 0 aromatic carbocycles. The zero-order chi connectivity index (χ0) is 5.11. The highest BCUT2D eigenvalue weighted by Crippen LogP contribution is 2.25. The van der Waals surface area contributed by atoms with Gasteiger partial charge in [0.2, 0.25) is 0 Å². The summed E-state index contributed by atoms with van der Waals surface area (Å²) in [7, 11) is 0. The van der Waals surface area contributed by atoms with Gasteiger partial charge in [0, 0.05) is 0 Å². The first-order valence-electron chi connectivity index (χ1n) is 1.83. The minimum absolute atomic E-state index is 0. The normalized spacial score (nSPS) is 8.12. The summed E-state index contributed by atoms with van der Waals surface area (Å²) < 4.78 is 1.43. The summed E-state index contributed by atoms with van der Waals surface area (Å²) in [4.78, 5) is 0. The smallest absolute Gasteiger partial charge is 0.311 e. The molecule has 0 aliphatic rings. The summed E-state index contributed by atoms with van der Waals surface area (Å²) in [5, 5.41) is 4.22. The molecule has 1 aromatic rings. The van der Waals surface area contributed by atoms with Gasteiger partial charge in [-0.25, -0.2) is 0 Å². The number of halogens is 1. The van der Waals surface area contributed by atoms with Gasteiger partial charge in [-0.1, -0.05) is 11.8 Å². The van der Waals surface area contributed by atoms with Crippen LogP contribution in [0.2, 0.25) is 0 Å². The topological polar surface area (TPSA) is 0 Å². The Kier molecular flexibility index (Phi) is 5.66. The molecular weight excluding hydrogens is 271 g/mol. The van der Waals surface area contributed by atoms with Crippen LogP contribution in [0.1, 0.15) is 0 Å². The third-order valence-electron chi connectivity index (χ3n) is 0.551. The van der Waals surface area contributed by atoms with Crippen LogP contribution in [0.3, 0.4) is 0 Å². The maximum Gasteiger partial charge on any atom is 0.311 e. The summed E-state index contributed by atoms with van der Waals surface area (Å²) in [6.07, 6.45) is 2.10. The van der Waals surface area contributed by atoms with Crippen LogP contribution in [-0.4, -0.2) is 6.26 Å². The van der Waals surface area contributed by atoms with Crippen molar-refractivity contribution in [2.45, 2.75) is 3.52 Å². The van der Waals surface area contributed by atoms with Crippen LogP contribution < -0.4 is 24.0 Å². The van der Waals surface area contributed by atoms with E-state index in [4.69, 9.17) is 0 Å². The van der Waals surface area contributed by atoms with Crippen LogP contribution in [0.15, 0.2) is 14.3 Å². The molecule has 0 amide bonds. The second-order valence-corrected chi connectivity index (χ2v) is 4.39. The molecule has 0 aliphatic carbocycles. The second-order valence-electron chi connectivity index (χ2n) is 0.962. The van der Waals surface area contributed by atoms with Gasteiger partial charge in [0.25, 0.3) is 0 Å². The zero-order valence-electron chi connectivity index (χ0n) is 4.26. The summed E-state index contributed by atoms with van der Waals surface area (Å²) in [6, 6.07) is 0. The molecule has 0 saturated carbocycles. The van der Waals surface area contributed by atoms with Crippen molar-refractivity contribution in [3.63, 3.8) is 0 Å². The van der Waals surface area contributed by atoms with Gasteiger partial charge in [0.05, 0.1) is 22.7 Å². The molecule has 0 bridgehead atoms. The van der Waals surface area contributed by atoms with Crippen LogP contribution in [-0.2, 0) is 0 Å². The van der Waals surface area contributed by atoms with Crippen molar-refractivity contribution in [3.8, 4) is 0 Å². The van der Waals surface area contributed by atoms with Crippen molar-refractivity contribution >= 4 is 34.4 Å². The zero-order valence-corrected chi connectivity index (χ0v) is 8.86. The number of hydrogen-bond acceptors (Lipinski definition) is 2. The van der Waals surface area contributed by atoms with E-state index in [1.165, 1.54) is 3.52 Å².